The third kappa shape index (κ3) is 2.39. The second-order valence-corrected chi connectivity index (χ2v) is 3.33. The van der Waals surface area contributed by atoms with Crippen molar-refractivity contribution in [3.8, 4) is 11.5 Å². The molecule has 3 heteroatoms. The molecule has 0 aromatic heterocycles. The number of nitrogens with two attached hydrogens (primary N) is 1. The average Bonchev–Trinajstić information content (AvgIpc) is 2.18. The fourth-order valence-corrected chi connectivity index (χ4v) is 1.42. The van der Waals surface area contributed by atoms with E-state index in [1.165, 1.54) is 7.11 Å². The Labute approximate surface area is 84.5 Å². The Hall–Kier alpha value is -1.22. The molecular formula is C11H17NO2. The highest BCUT2D eigenvalue weighted by molar-refractivity contribution is 5.42. The SMILES string of the molecule is CCCC(N)c1ccc(OC)c(O)c1. The Bertz CT molecular complexity index is 299. The van der Waals surface area contributed by atoms with E-state index in [0.717, 1.165) is 18.4 Å². The van der Waals surface area contributed by atoms with Crippen LogP contribution in [0.5, 0.6) is 11.5 Å². The molecule has 0 spiro atoms. The molecule has 0 aliphatic rings. The zero-order valence-corrected chi connectivity index (χ0v) is 8.66. The molecule has 0 heterocycles. The number of phenols is 1. The second-order valence-electron chi connectivity index (χ2n) is 3.33. The quantitative estimate of drug-likeness (QED) is 0.774. The molecule has 0 aliphatic carbocycles. The lowest BCUT2D eigenvalue weighted by Gasteiger charge is -2.12. The van der Waals surface area contributed by atoms with E-state index >= 15 is 0 Å². The van der Waals surface area contributed by atoms with Gasteiger partial charge in [-0.2, -0.15) is 0 Å². The minimum absolute atomic E-state index is 0.00296. The van der Waals surface area contributed by atoms with Gasteiger partial charge in [-0.1, -0.05) is 19.4 Å². The van der Waals surface area contributed by atoms with Gasteiger partial charge in [0.1, 0.15) is 0 Å². The van der Waals surface area contributed by atoms with Crippen molar-refractivity contribution in [2.24, 2.45) is 5.73 Å². The standard InChI is InChI=1S/C11H17NO2/c1-3-4-9(12)8-5-6-11(14-2)10(13)7-8/h5-7,9,13H,3-4,12H2,1-2H3. The molecule has 1 aromatic rings. The molecular weight excluding hydrogens is 178 g/mol. The molecule has 0 amide bonds. The largest absolute Gasteiger partial charge is 0.504 e. The average molecular weight is 195 g/mol. The molecule has 1 atom stereocenters. The maximum atomic E-state index is 9.53. The highest BCUT2D eigenvalue weighted by Gasteiger charge is 2.08. The van der Waals surface area contributed by atoms with Crippen molar-refractivity contribution in [2.75, 3.05) is 7.11 Å². The first-order valence-corrected chi connectivity index (χ1v) is 4.81. The summed E-state index contributed by atoms with van der Waals surface area (Å²) in [7, 11) is 1.53. The molecule has 1 aromatic carbocycles. The summed E-state index contributed by atoms with van der Waals surface area (Å²) in [6.07, 6.45) is 1.96. The normalized spacial score (nSPS) is 12.5. The van der Waals surface area contributed by atoms with Crippen LogP contribution in [0.25, 0.3) is 0 Å². The molecule has 1 rings (SSSR count). The fourth-order valence-electron chi connectivity index (χ4n) is 1.42. The Morgan fingerprint density at radius 2 is 2.21 bits per heavy atom. The van der Waals surface area contributed by atoms with Crippen LogP contribution in [0.15, 0.2) is 18.2 Å². The molecule has 14 heavy (non-hydrogen) atoms. The topological polar surface area (TPSA) is 55.5 Å². The molecule has 3 N–H and O–H groups in total. The molecule has 0 fully saturated rings. The molecule has 0 aliphatic heterocycles. The summed E-state index contributed by atoms with van der Waals surface area (Å²) in [4.78, 5) is 0. The van der Waals surface area contributed by atoms with Crippen LogP contribution in [0.2, 0.25) is 0 Å². The van der Waals surface area contributed by atoms with Gasteiger partial charge in [-0.15, -0.1) is 0 Å². The molecule has 0 saturated carbocycles. The number of benzene rings is 1. The van der Waals surface area contributed by atoms with E-state index in [0.29, 0.717) is 5.75 Å². The molecule has 0 saturated heterocycles. The van der Waals surface area contributed by atoms with Crippen LogP contribution in [0, 0.1) is 0 Å². The molecule has 1 unspecified atom stereocenters. The van der Waals surface area contributed by atoms with Crippen molar-refractivity contribution in [1.82, 2.24) is 0 Å². The second kappa shape index (κ2) is 4.86. The van der Waals surface area contributed by atoms with Crippen molar-refractivity contribution in [2.45, 2.75) is 25.8 Å². The number of methoxy groups -OCH3 is 1. The highest BCUT2D eigenvalue weighted by Crippen LogP contribution is 2.29. The van der Waals surface area contributed by atoms with Crippen LogP contribution in [0.3, 0.4) is 0 Å². The first-order chi connectivity index (χ1) is 6.69. The highest BCUT2D eigenvalue weighted by atomic mass is 16.5. The summed E-state index contributed by atoms with van der Waals surface area (Å²) in [5.41, 5.74) is 6.86. The van der Waals surface area contributed by atoms with E-state index in [9.17, 15) is 5.11 Å². The van der Waals surface area contributed by atoms with Crippen LogP contribution in [0.4, 0.5) is 0 Å². The van der Waals surface area contributed by atoms with Crippen LogP contribution in [-0.2, 0) is 0 Å². The van der Waals surface area contributed by atoms with Gasteiger partial charge in [0.15, 0.2) is 11.5 Å². The minimum atomic E-state index is -0.00296. The van der Waals surface area contributed by atoms with Gasteiger partial charge >= 0.3 is 0 Å². The van der Waals surface area contributed by atoms with Crippen LogP contribution in [-0.4, -0.2) is 12.2 Å². The van der Waals surface area contributed by atoms with E-state index in [1.807, 2.05) is 6.07 Å². The van der Waals surface area contributed by atoms with Crippen LogP contribution >= 0.6 is 0 Å². The third-order valence-corrected chi connectivity index (χ3v) is 2.23. The van der Waals surface area contributed by atoms with Gasteiger partial charge in [0.2, 0.25) is 0 Å². The maximum Gasteiger partial charge on any atom is 0.160 e. The van der Waals surface area contributed by atoms with Crippen molar-refractivity contribution in [3.63, 3.8) is 0 Å². The lowest BCUT2D eigenvalue weighted by atomic mass is 10.0. The number of aromatic hydroxyl groups is 1. The van der Waals surface area contributed by atoms with Crippen molar-refractivity contribution >= 4 is 0 Å². The molecule has 3 nitrogen and oxygen atoms in total. The van der Waals surface area contributed by atoms with Gasteiger partial charge in [0.25, 0.3) is 0 Å². The lowest BCUT2D eigenvalue weighted by molar-refractivity contribution is 0.372. The van der Waals surface area contributed by atoms with Crippen LogP contribution in [0.1, 0.15) is 31.4 Å². The number of phenolic OH excluding ortho intramolecular Hbond substituents is 1. The monoisotopic (exact) mass is 195 g/mol. The van der Waals surface area contributed by atoms with Crippen LogP contribution < -0.4 is 10.5 Å². The smallest absolute Gasteiger partial charge is 0.160 e. The summed E-state index contributed by atoms with van der Waals surface area (Å²) in [6, 6.07) is 5.29. The summed E-state index contributed by atoms with van der Waals surface area (Å²) >= 11 is 0. The van der Waals surface area contributed by atoms with Gasteiger partial charge in [0, 0.05) is 6.04 Å². The third-order valence-electron chi connectivity index (χ3n) is 2.23. The number of rotatable bonds is 4. The molecule has 0 bridgehead atoms. The number of hydrogen-bond donors (Lipinski definition) is 2. The van der Waals surface area contributed by atoms with Gasteiger partial charge in [0.05, 0.1) is 7.11 Å². The zero-order chi connectivity index (χ0) is 10.6. The first kappa shape index (κ1) is 10.9. The van der Waals surface area contributed by atoms with E-state index in [2.05, 4.69) is 6.92 Å². The summed E-state index contributed by atoms with van der Waals surface area (Å²) < 4.78 is 4.95. The predicted molar refractivity (Wildman–Crippen MR) is 56.5 cm³/mol. The fraction of sp³-hybridized carbons (Fsp3) is 0.455. The maximum absolute atomic E-state index is 9.53. The van der Waals surface area contributed by atoms with Crippen molar-refractivity contribution in [3.05, 3.63) is 23.8 Å². The minimum Gasteiger partial charge on any atom is -0.504 e. The van der Waals surface area contributed by atoms with Gasteiger partial charge in [-0.3, -0.25) is 0 Å². The Morgan fingerprint density at radius 1 is 1.50 bits per heavy atom. The van der Waals surface area contributed by atoms with E-state index in [1.54, 1.807) is 12.1 Å². The van der Waals surface area contributed by atoms with Crippen molar-refractivity contribution < 1.29 is 9.84 Å². The molecule has 78 valence electrons. The lowest BCUT2D eigenvalue weighted by Crippen LogP contribution is -2.09. The Balaban J connectivity index is 2.85. The zero-order valence-electron chi connectivity index (χ0n) is 8.66. The van der Waals surface area contributed by atoms with E-state index in [-0.39, 0.29) is 11.8 Å². The summed E-state index contributed by atoms with van der Waals surface area (Å²) in [5, 5.41) is 9.53. The van der Waals surface area contributed by atoms with E-state index in [4.69, 9.17) is 10.5 Å². The first-order valence-electron chi connectivity index (χ1n) is 4.81. The molecule has 0 radical (unpaired) electrons. The number of hydrogen-bond acceptors (Lipinski definition) is 3. The number of ether oxygens (including phenoxy) is 1. The van der Waals surface area contributed by atoms with Crippen molar-refractivity contribution in [1.29, 1.82) is 0 Å². The Kier molecular flexibility index (Phi) is 3.77. The van der Waals surface area contributed by atoms with E-state index < -0.39 is 0 Å². The van der Waals surface area contributed by atoms with Gasteiger partial charge in [-0.05, 0) is 24.1 Å². The summed E-state index contributed by atoms with van der Waals surface area (Å²) in [5.74, 6) is 0.633. The van der Waals surface area contributed by atoms with Gasteiger partial charge in [-0.25, -0.2) is 0 Å². The van der Waals surface area contributed by atoms with Gasteiger partial charge < -0.3 is 15.6 Å². The predicted octanol–water partition coefficient (Wildman–Crippen LogP) is 2.20. The summed E-state index contributed by atoms with van der Waals surface area (Å²) in [6.45, 7) is 2.09. The Morgan fingerprint density at radius 3 is 2.71 bits per heavy atom.